The summed E-state index contributed by atoms with van der Waals surface area (Å²) in [4.78, 5) is 0. The van der Waals surface area contributed by atoms with Gasteiger partial charge in [0.25, 0.3) is 0 Å². The SMILES string of the molecule is CCCCCCCCCCCCCCCCCCOCCCNCCC[N+](CCCO)(CCCO)CCCO. The van der Waals surface area contributed by atoms with E-state index in [9.17, 15) is 15.3 Å². The van der Waals surface area contributed by atoms with Crippen LogP contribution in [0.25, 0.3) is 0 Å². The molecular formula is C33H71N2O4+. The summed E-state index contributed by atoms with van der Waals surface area (Å²) in [6.07, 6.45) is 26.9. The minimum atomic E-state index is 0.204. The maximum atomic E-state index is 9.31. The summed E-state index contributed by atoms with van der Waals surface area (Å²) >= 11 is 0. The van der Waals surface area contributed by atoms with Crippen molar-refractivity contribution in [3.8, 4) is 0 Å². The molecule has 0 rings (SSSR count). The maximum Gasteiger partial charge on any atom is 0.0808 e. The Balaban J connectivity index is 3.48. The lowest BCUT2D eigenvalue weighted by atomic mass is 10.0. The van der Waals surface area contributed by atoms with Crippen molar-refractivity contribution in [2.24, 2.45) is 0 Å². The Labute approximate surface area is 243 Å². The zero-order valence-corrected chi connectivity index (χ0v) is 26.3. The Morgan fingerprint density at radius 2 is 0.795 bits per heavy atom. The van der Waals surface area contributed by atoms with Crippen LogP contribution in [0.15, 0.2) is 0 Å². The van der Waals surface area contributed by atoms with E-state index < -0.39 is 0 Å². The first-order chi connectivity index (χ1) is 19.2. The van der Waals surface area contributed by atoms with Crippen molar-refractivity contribution in [3.63, 3.8) is 0 Å². The van der Waals surface area contributed by atoms with Gasteiger partial charge in [-0.25, -0.2) is 0 Å². The number of hydrogen-bond acceptors (Lipinski definition) is 5. The van der Waals surface area contributed by atoms with Gasteiger partial charge in [0, 0.05) is 65.3 Å². The van der Waals surface area contributed by atoms with Gasteiger partial charge < -0.3 is 29.9 Å². The zero-order valence-electron chi connectivity index (χ0n) is 26.3. The van der Waals surface area contributed by atoms with Crippen LogP contribution in [0.5, 0.6) is 0 Å². The van der Waals surface area contributed by atoms with Gasteiger partial charge in [-0.05, 0) is 19.4 Å². The van der Waals surface area contributed by atoms with Crippen LogP contribution in [-0.4, -0.2) is 92.1 Å². The molecule has 236 valence electrons. The molecule has 0 heterocycles. The molecule has 6 heteroatoms. The average molecular weight is 560 g/mol. The fourth-order valence-corrected chi connectivity index (χ4v) is 5.71. The van der Waals surface area contributed by atoms with E-state index in [1.165, 1.54) is 103 Å². The van der Waals surface area contributed by atoms with Crippen LogP contribution < -0.4 is 5.32 Å². The highest BCUT2D eigenvalue weighted by Crippen LogP contribution is 2.14. The van der Waals surface area contributed by atoms with Gasteiger partial charge >= 0.3 is 0 Å². The number of hydrogen-bond donors (Lipinski definition) is 4. The zero-order chi connectivity index (χ0) is 28.5. The Morgan fingerprint density at radius 3 is 1.23 bits per heavy atom. The van der Waals surface area contributed by atoms with E-state index in [1.54, 1.807) is 0 Å². The van der Waals surface area contributed by atoms with Crippen LogP contribution in [0.4, 0.5) is 0 Å². The lowest BCUT2D eigenvalue weighted by Crippen LogP contribution is -2.52. The largest absolute Gasteiger partial charge is 0.396 e. The first-order valence-electron chi connectivity index (χ1n) is 17.2. The third kappa shape index (κ3) is 27.7. The molecule has 0 spiro atoms. The number of unbranched alkanes of at least 4 members (excludes halogenated alkanes) is 15. The molecule has 0 saturated heterocycles. The highest BCUT2D eigenvalue weighted by atomic mass is 16.5. The second kappa shape index (κ2) is 32.3. The van der Waals surface area contributed by atoms with Crippen molar-refractivity contribution in [1.29, 1.82) is 0 Å². The van der Waals surface area contributed by atoms with Crippen molar-refractivity contribution in [2.75, 3.05) is 72.3 Å². The van der Waals surface area contributed by atoms with Gasteiger partial charge in [-0.2, -0.15) is 0 Å². The number of aliphatic hydroxyl groups is 3. The quantitative estimate of drug-likeness (QED) is 0.0528. The molecule has 39 heavy (non-hydrogen) atoms. The van der Waals surface area contributed by atoms with Gasteiger partial charge in [0.15, 0.2) is 0 Å². The molecule has 0 atom stereocenters. The van der Waals surface area contributed by atoms with Crippen LogP contribution in [-0.2, 0) is 4.74 Å². The van der Waals surface area contributed by atoms with Gasteiger partial charge in [0.2, 0.25) is 0 Å². The van der Waals surface area contributed by atoms with Crippen LogP contribution in [0.1, 0.15) is 142 Å². The van der Waals surface area contributed by atoms with Gasteiger partial charge in [0.1, 0.15) is 0 Å². The minimum absolute atomic E-state index is 0.204. The molecule has 0 aliphatic heterocycles. The first-order valence-corrected chi connectivity index (χ1v) is 17.2. The van der Waals surface area contributed by atoms with E-state index in [-0.39, 0.29) is 19.8 Å². The van der Waals surface area contributed by atoms with Crippen LogP contribution in [0, 0.1) is 0 Å². The number of ether oxygens (including phenoxy) is 1. The van der Waals surface area contributed by atoms with E-state index >= 15 is 0 Å². The summed E-state index contributed by atoms with van der Waals surface area (Å²) in [6.45, 7) is 10.4. The Morgan fingerprint density at radius 1 is 0.436 bits per heavy atom. The van der Waals surface area contributed by atoms with Crippen molar-refractivity contribution >= 4 is 0 Å². The normalized spacial score (nSPS) is 12.0. The van der Waals surface area contributed by atoms with Crippen LogP contribution in [0.2, 0.25) is 0 Å². The van der Waals surface area contributed by atoms with Gasteiger partial charge in [0.05, 0.1) is 26.2 Å². The second-order valence-electron chi connectivity index (χ2n) is 11.8. The molecular weight excluding hydrogens is 488 g/mol. The molecule has 0 saturated carbocycles. The summed E-state index contributed by atoms with van der Waals surface area (Å²) in [5, 5.41) is 31.5. The number of aliphatic hydroxyl groups excluding tert-OH is 3. The fraction of sp³-hybridized carbons (Fsp3) is 1.00. The summed E-state index contributed by atoms with van der Waals surface area (Å²) in [7, 11) is 0. The average Bonchev–Trinajstić information content (AvgIpc) is 2.95. The Bertz CT molecular complexity index is 432. The number of quaternary nitrogens is 1. The van der Waals surface area contributed by atoms with E-state index in [0.717, 1.165) is 89.1 Å². The number of nitrogens with one attached hydrogen (secondary N) is 1. The molecule has 0 aromatic rings. The molecule has 0 aromatic carbocycles. The number of nitrogens with zero attached hydrogens (tertiary/aromatic N) is 1. The minimum Gasteiger partial charge on any atom is -0.396 e. The van der Waals surface area contributed by atoms with Gasteiger partial charge in [-0.3, -0.25) is 0 Å². The Hall–Kier alpha value is -0.240. The number of rotatable bonds is 34. The summed E-state index contributed by atoms with van der Waals surface area (Å²) in [6, 6.07) is 0. The van der Waals surface area contributed by atoms with Crippen molar-refractivity contribution in [2.45, 2.75) is 142 Å². The predicted octanol–water partition coefficient (Wildman–Crippen LogP) is 6.60. The molecule has 0 fully saturated rings. The highest BCUT2D eigenvalue weighted by Gasteiger charge is 2.25. The van der Waals surface area contributed by atoms with E-state index in [2.05, 4.69) is 12.2 Å². The lowest BCUT2D eigenvalue weighted by Gasteiger charge is -2.39. The van der Waals surface area contributed by atoms with Crippen molar-refractivity contribution in [3.05, 3.63) is 0 Å². The van der Waals surface area contributed by atoms with E-state index in [1.807, 2.05) is 0 Å². The van der Waals surface area contributed by atoms with Crippen molar-refractivity contribution < 1.29 is 24.5 Å². The first kappa shape index (κ1) is 38.8. The molecule has 0 aromatic heterocycles. The topological polar surface area (TPSA) is 82.0 Å². The van der Waals surface area contributed by atoms with Crippen LogP contribution in [0.3, 0.4) is 0 Å². The third-order valence-electron chi connectivity index (χ3n) is 8.14. The van der Waals surface area contributed by atoms with E-state index in [0.29, 0.717) is 0 Å². The Kier molecular flexibility index (Phi) is 32.1. The fourth-order valence-electron chi connectivity index (χ4n) is 5.71. The molecule has 0 bridgehead atoms. The highest BCUT2D eigenvalue weighted by molar-refractivity contribution is 4.54. The van der Waals surface area contributed by atoms with Gasteiger partial charge in [-0.1, -0.05) is 103 Å². The summed E-state index contributed by atoms with van der Waals surface area (Å²) in [5.74, 6) is 0. The molecule has 0 aliphatic carbocycles. The molecule has 0 amide bonds. The molecule has 0 aliphatic rings. The molecule has 4 N–H and O–H groups in total. The maximum absolute atomic E-state index is 9.31. The predicted molar refractivity (Wildman–Crippen MR) is 167 cm³/mol. The molecule has 0 unspecified atom stereocenters. The lowest BCUT2D eigenvalue weighted by molar-refractivity contribution is -0.929. The molecule has 6 nitrogen and oxygen atoms in total. The summed E-state index contributed by atoms with van der Waals surface area (Å²) < 4.78 is 6.73. The summed E-state index contributed by atoms with van der Waals surface area (Å²) in [5.41, 5.74) is 0. The van der Waals surface area contributed by atoms with Crippen LogP contribution >= 0.6 is 0 Å². The third-order valence-corrected chi connectivity index (χ3v) is 8.14. The van der Waals surface area contributed by atoms with Crippen molar-refractivity contribution in [1.82, 2.24) is 5.32 Å². The standard InChI is InChI=1S/C33H71N2O4/c1-2-3-4-5-6-7-8-9-10-11-12-13-14-15-16-17-32-39-33-19-24-34-23-18-25-35(26-20-29-36,27-21-30-37)28-22-31-38/h34,36-38H,2-33H2,1H3/q+1. The molecule has 0 radical (unpaired) electrons. The van der Waals surface area contributed by atoms with Gasteiger partial charge in [-0.15, -0.1) is 0 Å². The second-order valence-corrected chi connectivity index (χ2v) is 11.8. The monoisotopic (exact) mass is 560 g/mol. The smallest absolute Gasteiger partial charge is 0.0808 e. The van der Waals surface area contributed by atoms with E-state index in [4.69, 9.17) is 4.74 Å².